The fraction of sp³-hybridized carbons (Fsp3) is 0.378. The van der Waals surface area contributed by atoms with Gasteiger partial charge in [-0.1, -0.05) is 72.8 Å². The van der Waals surface area contributed by atoms with E-state index in [0.29, 0.717) is 11.1 Å². The lowest BCUT2D eigenvalue weighted by atomic mass is 10.0. The minimum Gasteiger partial charge on any atom is -0.460 e. The Morgan fingerprint density at radius 3 is 1.79 bits per heavy atom. The van der Waals surface area contributed by atoms with Crippen molar-refractivity contribution in [2.24, 2.45) is 0 Å². The molecular formula is C45H51F3N4O9. The Morgan fingerprint density at radius 2 is 1.16 bits per heavy atom. The third kappa shape index (κ3) is 16.3. The molecule has 326 valence electrons. The van der Waals surface area contributed by atoms with Gasteiger partial charge in [0.1, 0.15) is 35.9 Å². The van der Waals surface area contributed by atoms with Gasteiger partial charge in [0.25, 0.3) is 0 Å². The molecule has 0 unspecified atom stereocenters. The molecule has 4 aromatic rings. The highest BCUT2D eigenvalue weighted by Crippen LogP contribution is 2.30. The number of halogens is 3. The van der Waals surface area contributed by atoms with Crippen LogP contribution in [0.15, 0.2) is 97.1 Å². The highest BCUT2D eigenvalue weighted by atomic mass is 19.4. The van der Waals surface area contributed by atoms with Gasteiger partial charge >= 0.3 is 24.2 Å². The third-order valence-electron chi connectivity index (χ3n) is 8.67. The molecule has 0 aliphatic heterocycles. The van der Waals surface area contributed by atoms with Gasteiger partial charge in [0.05, 0.1) is 12.0 Å². The van der Waals surface area contributed by atoms with Crippen LogP contribution in [0.3, 0.4) is 0 Å². The highest BCUT2D eigenvalue weighted by Gasteiger charge is 2.34. The molecule has 4 N–H and O–H groups in total. The number of benzene rings is 4. The molecule has 0 aromatic heterocycles. The number of alkyl carbamates (subject to hydrolysis) is 1. The number of fused-ring (bicyclic) bond motifs is 1. The predicted octanol–water partition coefficient (Wildman–Crippen LogP) is 7.16. The first-order valence-corrected chi connectivity index (χ1v) is 19.5. The number of carbonyl (C=O) groups excluding carboxylic acids is 6. The molecule has 0 saturated heterocycles. The molecule has 0 aliphatic rings. The van der Waals surface area contributed by atoms with Crippen LogP contribution in [0.1, 0.15) is 77.5 Å². The van der Waals surface area contributed by atoms with Crippen molar-refractivity contribution < 1.29 is 56.1 Å². The summed E-state index contributed by atoms with van der Waals surface area (Å²) in [6.45, 7) is 9.59. The molecule has 0 fully saturated rings. The summed E-state index contributed by atoms with van der Waals surface area (Å²) >= 11 is 0. The largest absolute Gasteiger partial charge is 0.460 e. The van der Waals surface area contributed by atoms with Gasteiger partial charge in [-0.3, -0.25) is 24.0 Å². The van der Waals surface area contributed by atoms with E-state index in [9.17, 15) is 41.9 Å². The maximum Gasteiger partial charge on any atom is 0.416 e. The van der Waals surface area contributed by atoms with E-state index in [2.05, 4.69) is 21.3 Å². The van der Waals surface area contributed by atoms with Gasteiger partial charge in [0.2, 0.25) is 17.7 Å². The Morgan fingerprint density at radius 1 is 0.590 bits per heavy atom. The van der Waals surface area contributed by atoms with Crippen LogP contribution in [-0.2, 0) is 57.4 Å². The molecular weight excluding hydrogens is 798 g/mol. The first-order chi connectivity index (χ1) is 28.5. The summed E-state index contributed by atoms with van der Waals surface area (Å²) < 4.78 is 55.8. The summed E-state index contributed by atoms with van der Waals surface area (Å²) in [5.74, 6) is -4.47. The minimum absolute atomic E-state index is 0.0464. The second-order valence-corrected chi connectivity index (χ2v) is 16.2. The van der Waals surface area contributed by atoms with Crippen LogP contribution in [0.2, 0.25) is 0 Å². The van der Waals surface area contributed by atoms with Gasteiger partial charge in [-0.2, -0.15) is 13.2 Å². The molecule has 0 radical (unpaired) electrons. The zero-order valence-corrected chi connectivity index (χ0v) is 34.8. The molecule has 16 heteroatoms. The number of rotatable bonds is 16. The summed E-state index contributed by atoms with van der Waals surface area (Å²) in [4.78, 5) is 80.9. The number of hydrogen-bond acceptors (Lipinski definition) is 9. The van der Waals surface area contributed by atoms with Gasteiger partial charge in [-0.05, 0) is 94.1 Å². The van der Waals surface area contributed by atoms with E-state index in [1.54, 1.807) is 77.9 Å². The first kappa shape index (κ1) is 47.2. The predicted molar refractivity (Wildman–Crippen MR) is 221 cm³/mol. The third-order valence-corrected chi connectivity index (χ3v) is 8.67. The Hall–Kier alpha value is -6.45. The summed E-state index contributed by atoms with van der Waals surface area (Å²) in [6, 6.07) is 20.8. The molecule has 13 nitrogen and oxygen atoms in total. The maximum absolute atomic E-state index is 14.2. The number of nitrogens with one attached hydrogen (secondary N) is 4. The van der Waals surface area contributed by atoms with E-state index in [1.165, 1.54) is 0 Å². The van der Waals surface area contributed by atoms with E-state index in [4.69, 9.17) is 14.2 Å². The SMILES string of the molecule is CC(C)(C)OC(=O)CC[C@H](NC(=O)[C@H](CC(=O)OC(C)(C)C)NC(=O)[C@H](Cc1ccc2ccccc2c1)NC(=O)OCc1ccccc1)C(=O)Nc1ccc(C(F)(F)F)cc1. The zero-order chi connectivity index (χ0) is 45.0. The number of alkyl halides is 3. The Kier molecular flexibility index (Phi) is 16.0. The van der Waals surface area contributed by atoms with E-state index >= 15 is 0 Å². The van der Waals surface area contributed by atoms with Crippen LogP contribution in [-0.4, -0.2) is 65.1 Å². The quantitative estimate of drug-likeness (QED) is 0.0673. The van der Waals surface area contributed by atoms with Crippen LogP contribution in [0.25, 0.3) is 10.8 Å². The maximum atomic E-state index is 14.2. The van der Waals surface area contributed by atoms with Crippen LogP contribution in [0, 0.1) is 0 Å². The van der Waals surface area contributed by atoms with Gasteiger partial charge in [-0.25, -0.2) is 4.79 Å². The van der Waals surface area contributed by atoms with Crippen LogP contribution in [0.5, 0.6) is 0 Å². The summed E-state index contributed by atoms with van der Waals surface area (Å²) in [5.41, 5.74) is -1.56. The zero-order valence-electron chi connectivity index (χ0n) is 34.8. The lowest BCUT2D eigenvalue weighted by Gasteiger charge is -2.26. The number of hydrogen-bond donors (Lipinski definition) is 4. The number of anilines is 1. The lowest BCUT2D eigenvalue weighted by molar-refractivity contribution is -0.157. The number of amides is 4. The van der Waals surface area contributed by atoms with E-state index in [-0.39, 0.29) is 31.6 Å². The second-order valence-electron chi connectivity index (χ2n) is 16.2. The monoisotopic (exact) mass is 848 g/mol. The van der Waals surface area contributed by atoms with Crippen molar-refractivity contribution in [3.05, 3.63) is 114 Å². The Labute approximate surface area is 352 Å². The number of ether oxygens (including phenoxy) is 3. The summed E-state index contributed by atoms with van der Waals surface area (Å²) in [7, 11) is 0. The van der Waals surface area contributed by atoms with Gasteiger partial charge in [0, 0.05) is 18.5 Å². The first-order valence-electron chi connectivity index (χ1n) is 19.5. The Balaban J connectivity index is 1.62. The topological polar surface area (TPSA) is 178 Å². The Bertz CT molecular complexity index is 2170. The van der Waals surface area contributed by atoms with Gasteiger partial charge < -0.3 is 35.5 Å². The average molecular weight is 849 g/mol. The van der Waals surface area contributed by atoms with Gasteiger partial charge in [0.15, 0.2) is 0 Å². The molecule has 0 heterocycles. The van der Waals surface area contributed by atoms with Crippen molar-refractivity contribution in [1.82, 2.24) is 16.0 Å². The number of esters is 2. The molecule has 0 bridgehead atoms. The van der Waals surface area contributed by atoms with Gasteiger partial charge in [-0.15, -0.1) is 0 Å². The highest BCUT2D eigenvalue weighted by molar-refractivity contribution is 6.00. The summed E-state index contributed by atoms with van der Waals surface area (Å²) in [6.07, 6.45) is -7.11. The van der Waals surface area contributed by atoms with Crippen molar-refractivity contribution >= 4 is 52.2 Å². The van der Waals surface area contributed by atoms with Crippen LogP contribution < -0.4 is 21.3 Å². The standard InChI is InChI=1S/C45H51F3N4O9/c1-43(2,3)60-37(53)23-22-34(39(55)49-33-20-18-32(19-21-33)45(46,47)48)50-41(57)36(26-38(54)61-44(4,5)6)51-40(56)35(52-42(58)59-27-28-12-8-7-9-13-28)25-29-16-17-30-14-10-11-15-31(30)24-29/h7-21,24,34-36H,22-23,25-27H2,1-6H3,(H,49,55)(H,50,57)(H,51,56)(H,52,58)/t34-,35-,36-/m0/s1. The van der Waals surface area contributed by atoms with Crippen LogP contribution in [0.4, 0.5) is 23.7 Å². The molecule has 0 aliphatic carbocycles. The molecule has 4 amide bonds. The lowest BCUT2D eigenvalue weighted by Crippen LogP contribution is -2.57. The van der Waals surface area contributed by atoms with Crippen molar-refractivity contribution in [2.45, 2.75) is 109 Å². The minimum atomic E-state index is -4.63. The molecule has 0 spiro atoms. The smallest absolute Gasteiger partial charge is 0.416 e. The van der Waals surface area contributed by atoms with Crippen LogP contribution >= 0.6 is 0 Å². The molecule has 4 rings (SSSR count). The van der Waals surface area contributed by atoms with Crippen molar-refractivity contribution in [2.75, 3.05) is 5.32 Å². The summed E-state index contributed by atoms with van der Waals surface area (Å²) in [5, 5.41) is 11.8. The van der Waals surface area contributed by atoms with E-state index < -0.39 is 83.2 Å². The van der Waals surface area contributed by atoms with Crippen molar-refractivity contribution in [3.8, 4) is 0 Å². The molecule has 0 saturated carbocycles. The normalized spacial score (nSPS) is 13.2. The molecule has 3 atom stereocenters. The van der Waals surface area contributed by atoms with Crippen molar-refractivity contribution in [1.29, 1.82) is 0 Å². The molecule has 61 heavy (non-hydrogen) atoms. The average Bonchev–Trinajstić information content (AvgIpc) is 3.16. The van der Waals surface area contributed by atoms with Crippen molar-refractivity contribution in [3.63, 3.8) is 0 Å². The van der Waals surface area contributed by atoms with E-state index in [0.717, 1.165) is 35.0 Å². The second kappa shape index (κ2) is 20.7. The number of carbonyl (C=O) groups is 6. The fourth-order valence-corrected chi connectivity index (χ4v) is 5.92. The molecule has 4 aromatic carbocycles. The fourth-order valence-electron chi connectivity index (χ4n) is 5.92. The van der Waals surface area contributed by atoms with E-state index in [1.807, 2.05) is 36.4 Å².